The maximum absolute atomic E-state index is 12.9. The third kappa shape index (κ3) is 4.86. The number of halogens is 1. The lowest BCUT2D eigenvalue weighted by Crippen LogP contribution is -2.28. The van der Waals surface area contributed by atoms with Crippen LogP contribution < -0.4 is 4.74 Å². The second-order valence-corrected chi connectivity index (χ2v) is 8.14. The SMILES string of the molecule is CCOc1ccc(N=C2S/C(=C\c3ccc(-c4ccc(Cl)cc4)o3)C(=O)N2CC)cc1. The molecule has 0 N–H and O–H groups in total. The molecule has 0 bridgehead atoms. The number of aliphatic imine (C=N–C) groups is 1. The molecule has 0 atom stereocenters. The van der Waals surface area contributed by atoms with Crippen LogP contribution in [0, 0.1) is 0 Å². The molecule has 158 valence electrons. The minimum Gasteiger partial charge on any atom is -0.494 e. The van der Waals surface area contributed by atoms with Gasteiger partial charge in [-0.05, 0) is 86.3 Å². The van der Waals surface area contributed by atoms with Gasteiger partial charge in [-0.15, -0.1) is 0 Å². The van der Waals surface area contributed by atoms with E-state index in [9.17, 15) is 4.79 Å². The van der Waals surface area contributed by atoms with Gasteiger partial charge >= 0.3 is 0 Å². The van der Waals surface area contributed by atoms with E-state index in [2.05, 4.69) is 4.99 Å². The highest BCUT2D eigenvalue weighted by Crippen LogP contribution is 2.35. The number of nitrogens with zero attached hydrogens (tertiary/aromatic N) is 2. The van der Waals surface area contributed by atoms with Crippen molar-refractivity contribution in [3.8, 4) is 17.1 Å². The van der Waals surface area contributed by atoms with Gasteiger partial charge < -0.3 is 9.15 Å². The Hall–Kier alpha value is -2.96. The van der Waals surface area contributed by atoms with Crippen LogP contribution in [0.2, 0.25) is 5.02 Å². The molecule has 2 aromatic carbocycles. The van der Waals surface area contributed by atoms with Crippen LogP contribution in [0.25, 0.3) is 17.4 Å². The first-order chi connectivity index (χ1) is 15.1. The van der Waals surface area contributed by atoms with Crippen LogP contribution in [-0.4, -0.2) is 29.1 Å². The first kappa shape index (κ1) is 21.3. The zero-order valence-corrected chi connectivity index (χ0v) is 18.7. The van der Waals surface area contributed by atoms with Crippen LogP contribution in [0.3, 0.4) is 0 Å². The van der Waals surface area contributed by atoms with Gasteiger partial charge in [0.05, 0.1) is 17.2 Å². The van der Waals surface area contributed by atoms with Gasteiger partial charge in [0.1, 0.15) is 17.3 Å². The Kier molecular flexibility index (Phi) is 6.49. The lowest BCUT2D eigenvalue weighted by Gasteiger charge is -2.12. The summed E-state index contributed by atoms with van der Waals surface area (Å²) >= 11 is 7.29. The van der Waals surface area contributed by atoms with Crippen molar-refractivity contribution in [2.45, 2.75) is 13.8 Å². The van der Waals surface area contributed by atoms with Crippen molar-refractivity contribution in [1.29, 1.82) is 0 Å². The highest BCUT2D eigenvalue weighted by molar-refractivity contribution is 8.18. The molecular weight excluding hydrogens is 432 g/mol. The number of carbonyl (C=O) groups is 1. The summed E-state index contributed by atoms with van der Waals surface area (Å²) in [4.78, 5) is 19.8. The molecule has 0 aliphatic carbocycles. The summed E-state index contributed by atoms with van der Waals surface area (Å²) in [6.45, 7) is 5.02. The van der Waals surface area contributed by atoms with Gasteiger partial charge in [0.25, 0.3) is 5.91 Å². The van der Waals surface area contributed by atoms with Crippen molar-refractivity contribution in [1.82, 2.24) is 4.90 Å². The number of hydrogen-bond donors (Lipinski definition) is 0. The van der Waals surface area contributed by atoms with Crippen molar-refractivity contribution in [2.24, 2.45) is 4.99 Å². The fraction of sp³-hybridized carbons (Fsp3) is 0.167. The Morgan fingerprint density at radius 3 is 2.48 bits per heavy atom. The van der Waals surface area contributed by atoms with Crippen molar-refractivity contribution in [2.75, 3.05) is 13.2 Å². The number of ether oxygens (including phenoxy) is 1. The molecule has 0 spiro atoms. The van der Waals surface area contributed by atoms with E-state index < -0.39 is 0 Å². The molecule has 1 saturated heterocycles. The molecule has 5 nitrogen and oxygen atoms in total. The maximum atomic E-state index is 12.9. The molecule has 31 heavy (non-hydrogen) atoms. The highest BCUT2D eigenvalue weighted by atomic mass is 35.5. The Morgan fingerprint density at radius 2 is 1.81 bits per heavy atom. The van der Waals surface area contributed by atoms with E-state index in [1.807, 2.05) is 74.5 Å². The second-order valence-electron chi connectivity index (χ2n) is 6.69. The van der Waals surface area contributed by atoms with E-state index in [0.717, 1.165) is 22.8 Å². The molecule has 7 heteroatoms. The van der Waals surface area contributed by atoms with Gasteiger partial charge in [0.15, 0.2) is 5.17 Å². The van der Waals surface area contributed by atoms with Gasteiger partial charge in [-0.2, -0.15) is 0 Å². The molecule has 0 unspecified atom stereocenters. The Morgan fingerprint density at radius 1 is 1.06 bits per heavy atom. The van der Waals surface area contributed by atoms with Gasteiger partial charge in [0, 0.05) is 23.2 Å². The fourth-order valence-corrected chi connectivity index (χ4v) is 4.26. The highest BCUT2D eigenvalue weighted by Gasteiger charge is 2.32. The number of rotatable bonds is 6. The number of furan rings is 1. The molecule has 0 radical (unpaired) electrons. The van der Waals surface area contributed by atoms with Gasteiger partial charge in [0.2, 0.25) is 0 Å². The summed E-state index contributed by atoms with van der Waals surface area (Å²) < 4.78 is 11.4. The van der Waals surface area contributed by atoms with E-state index in [1.165, 1.54) is 11.8 Å². The Labute approximate surface area is 190 Å². The van der Waals surface area contributed by atoms with Crippen LogP contribution in [0.15, 0.2) is 75.0 Å². The lowest BCUT2D eigenvalue weighted by atomic mass is 10.2. The zero-order valence-electron chi connectivity index (χ0n) is 17.2. The summed E-state index contributed by atoms with van der Waals surface area (Å²) in [7, 11) is 0. The number of amides is 1. The van der Waals surface area contributed by atoms with Crippen LogP contribution in [-0.2, 0) is 4.79 Å². The minimum atomic E-state index is -0.0818. The number of benzene rings is 2. The zero-order chi connectivity index (χ0) is 21.8. The first-order valence-corrected chi connectivity index (χ1v) is 11.2. The molecule has 3 aromatic rings. The van der Waals surface area contributed by atoms with Crippen molar-refractivity contribution < 1.29 is 13.9 Å². The van der Waals surface area contributed by atoms with Gasteiger partial charge in [-0.1, -0.05) is 11.6 Å². The van der Waals surface area contributed by atoms with Crippen molar-refractivity contribution in [3.63, 3.8) is 0 Å². The third-order valence-corrected chi connectivity index (χ3v) is 5.86. The number of carbonyl (C=O) groups excluding carboxylic acids is 1. The summed E-state index contributed by atoms with van der Waals surface area (Å²) in [6, 6.07) is 18.7. The summed E-state index contributed by atoms with van der Waals surface area (Å²) in [5.41, 5.74) is 1.69. The standard InChI is InChI=1S/C24H21ClN2O3S/c1-3-27-23(28)22(31-24(27)26-18-9-11-19(12-10-18)29-4-2)15-20-13-14-21(30-20)16-5-7-17(25)8-6-16/h5-15H,3-4H2,1-2H3/b22-15-,26-24?. The predicted molar refractivity (Wildman–Crippen MR) is 127 cm³/mol. The number of thioether (sulfide) groups is 1. The largest absolute Gasteiger partial charge is 0.494 e. The summed E-state index contributed by atoms with van der Waals surface area (Å²) in [5.74, 6) is 2.04. The number of amidine groups is 1. The molecule has 1 aliphatic heterocycles. The number of likely N-dealkylation sites (N-methyl/N-ethyl adjacent to an activating group) is 1. The Bertz CT molecular complexity index is 1130. The van der Waals surface area contributed by atoms with Crippen molar-refractivity contribution in [3.05, 3.63) is 76.4 Å². The first-order valence-electron chi connectivity index (χ1n) is 9.96. The van der Waals surface area contributed by atoms with Crippen LogP contribution in [0.4, 0.5) is 5.69 Å². The van der Waals surface area contributed by atoms with Crippen LogP contribution in [0.1, 0.15) is 19.6 Å². The minimum absolute atomic E-state index is 0.0818. The summed E-state index contributed by atoms with van der Waals surface area (Å²) in [5, 5.41) is 1.32. The second kappa shape index (κ2) is 9.45. The van der Waals surface area contributed by atoms with Crippen molar-refractivity contribution >= 4 is 46.2 Å². The molecule has 1 aliphatic rings. The maximum Gasteiger partial charge on any atom is 0.266 e. The van der Waals surface area contributed by atoms with E-state index in [-0.39, 0.29) is 5.91 Å². The Balaban J connectivity index is 1.56. The number of hydrogen-bond acceptors (Lipinski definition) is 5. The van der Waals surface area contributed by atoms with Gasteiger partial charge in [-0.3, -0.25) is 9.69 Å². The fourth-order valence-electron chi connectivity index (χ4n) is 3.09. The van der Waals surface area contributed by atoms with E-state index >= 15 is 0 Å². The normalized spacial score (nSPS) is 16.5. The van der Waals surface area contributed by atoms with E-state index in [1.54, 1.807) is 11.0 Å². The smallest absolute Gasteiger partial charge is 0.266 e. The molecule has 0 saturated carbocycles. The van der Waals surface area contributed by atoms with Crippen LogP contribution in [0.5, 0.6) is 5.75 Å². The molecule has 4 rings (SSSR count). The molecule has 1 aromatic heterocycles. The monoisotopic (exact) mass is 452 g/mol. The van der Waals surface area contributed by atoms with E-state index in [0.29, 0.717) is 34.0 Å². The average Bonchev–Trinajstić information content (AvgIpc) is 3.35. The third-order valence-electron chi connectivity index (χ3n) is 4.61. The van der Waals surface area contributed by atoms with Gasteiger partial charge in [-0.25, -0.2) is 4.99 Å². The quantitative estimate of drug-likeness (QED) is 0.394. The molecule has 1 fully saturated rings. The molecule has 1 amide bonds. The predicted octanol–water partition coefficient (Wildman–Crippen LogP) is 6.62. The van der Waals surface area contributed by atoms with Crippen LogP contribution >= 0.6 is 23.4 Å². The lowest BCUT2D eigenvalue weighted by molar-refractivity contribution is -0.122. The average molecular weight is 453 g/mol. The topological polar surface area (TPSA) is 55.0 Å². The summed E-state index contributed by atoms with van der Waals surface area (Å²) in [6.07, 6.45) is 1.76. The molecule has 2 heterocycles. The molecular formula is C24H21ClN2O3S. The van der Waals surface area contributed by atoms with E-state index in [4.69, 9.17) is 20.8 Å².